The van der Waals surface area contributed by atoms with Crippen molar-refractivity contribution < 1.29 is 22.7 Å². The van der Waals surface area contributed by atoms with Gasteiger partial charge in [-0.15, -0.1) is 13.2 Å². The number of hydrogen-bond donors (Lipinski definition) is 2. The van der Waals surface area contributed by atoms with E-state index in [1.807, 2.05) is 6.92 Å². The van der Waals surface area contributed by atoms with Gasteiger partial charge in [0.05, 0.1) is 22.0 Å². The molecule has 1 aliphatic heterocycles. The molecular formula is C27H25ClF3N5O2. The van der Waals surface area contributed by atoms with E-state index in [9.17, 15) is 23.2 Å². The normalized spacial score (nSPS) is 15.6. The van der Waals surface area contributed by atoms with Crippen LogP contribution in [0.4, 0.5) is 30.4 Å². The highest BCUT2D eigenvalue weighted by molar-refractivity contribution is 6.34. The number of carbonyl (C=O) groups is 1. The molecule has 3 N–H and O–H groups in total. The lowest BCUT2D eigenvalue weighted by Gasteiger charge is -2.36. The second-order valence-corrected chi connectivity index (χ2v) is 9.29. The summed E-state index contributed by atoms with van der Waals surface area (Å²) in [4.78, 5) is 19.1. The Labute approximate surface area is 223 Å². The Kier molecular flexibility index (Phi) is 7.97. The number of piperidine rings is 1. The van der Waals surface area contributed by atoms with E-state index < -0.39 is 18.0 Å². The molecule has 7 nitrogen and oxygen atoms in total. The summed E-state index contributed by atoms with van der Waals surface area (Å²) in [5.41, 5.74) is 8.63. The van der Waals surface area contributed by atoms with Gasteiger partial charge < -0.3 is 20.7 Å². The molecule has 1 atom stereocenters. The fourth-order valence-electron chi connectivity index (χ4n) is 4.69. The zero-order chi connectivity index (χ0) is 27.4. The van der Waals surface area contributed by atoms with Crippen LogP contribution in [-0.4, -0.2) is 30.3 Å². The third-order valence-corrected chi connectivity index (χ3v) is 6.78. The number of nitrogens with zero attached hydrogens (tertiary/aromatic N) is 3. The van der Waals surface area contributed by atoms with E-state index in [0.717, 1.165) is 29.7 Å². The first-order valence-electron chi connectivity index (χ1n) is 12.0. The molecule has 1 aromatic heterocycles. The lowest BCUT2D eigenvalue weighted by atomic mass is 9.89. The van der Waals surface area contributed by atoms with Crippen molar-refractivity contribution in [1.82, 2.24) is 4.98 Å². The number of amides is 1. The highest BCUT2D eigenvalue weighted by Gasteiger charge is 2.33. The smallest absolute Gasteiger partial charge is 0.404 e. The van der Waals surface area contributed by atoms with E-state index in [1.165, 1.54) is 24.3 Å². The number of nitrogen functional groups attached to an aromatic ring is 1. The van der Waals surface area contributed by atoms with Gasteiger partial charge in [-0.1, -0.05) is 36.7 Å². The molecule has 1 amide bonds. The number of nitriles is 1. The van der Waals surface area contributed by atoms with Crippen molar-refractivity contribution in [2.45, 2.75) is 38.5 Å². The minimum Gasteiger partial charge on any atom is -0.404 e. The highest BCUT2D eigenvalue weighted by Crippen LogP contribution is 2.38. The summed E-state index contributed by atoms with van der Waals surface area (Å²) in [5, 5.41) is 12.4. The van der Waals surface area contributed by atoms with Gasteiger partial charge in [-0.25, -0.2) is 4.98 Å². The summed E-state index contributed by atoms with van der Waals surface area (Å²) in [7, 11) is 0. The molecule has 2 aromatic carbocycles. The summed E-state index contributed by atoms with van der Waals surface area (Å²) < 4.78 is 43.5. The fourth-order valence-corrected chi connectivity index (χ4v) is 4.91. The van der Waals surface area contributed by atoms with Crippen LogP contribution in [0.5, 0.6) is 5.75 Å². The summed E-state index contributed by atoms with van der Waals surface area (Å²) in [6.45, 7) is 3.15. The Morgan fingerprint density at radius 3 is 2.76 bits per heavy atom. The zero-order valence-electron chi connectivity index (χ0n) is 20.5. The van der Waals surface area contributed by atoms with Gasteiger partial charge in [0.1, 0.15) is 17.5 Å². The van der Waals surface area contributed by atoms with Gasteiger partial charge in [0, 0.05) is 25.2 Å². The fraction of sp³-hybridized carbons (Fsp3) is 0.296. The van der Waals surface area contributed by atoms with Gasteiger partial charge >= 0.3 is 6.36 Å². The minimum absolute atomic E-state index is 0.0923. The largest absolute Gasteiger partial charge is 0.573 e. The van der Waals surface area contributed by atoms with Crippen LogP contribution in [-0.2, 0) is 6.42 Å². The standard InChI is InChI=1S/C27H25ClF3N5O2/c1-2-16-14-34-25(33)20(13-32)24(16)36-11-5-6-18(15-36)17-9-10-23(38-27(29,30)31)22(12-17)35-26(37)19-7-3-4-8-21(19)28/h3-4,7-10,12,14,18H,2,5-6,11,15H2,1H3,(H2,33,34)(H,35,37). The maximum atomic E-state index is 13.1. The summed E-state index contributed by atoms with van der Waals surface area (Å²) in [6, 6.07) is 12.7. The Balaban J connectivity index is 1.67. The Hall–Kier alpha value is -3.97. The molecule has 11 heteroatoms. The third-order valence-electron chi connectivity index (χ3n) is 6.45. The van der Waals surface area contributed by atoms with Crippen molar-refractivity contribution >= 4 is 34.7 Å². The lowest BCUT2D eigenvalue weighted by Crippen LogP contribution is -2.35. The number of nitrogens with two attached hydrogens (primary N) is 1. The van der Waals surface area contributed by atoms with E-state index in [1.54, 1.807) is 24.4 Å². The van der Waals surface area contributed by atoms with Crippen LogP contribution < -0.4 is 20.7 Å². The maximum Gasteiger partial charge on any atom is 0.573 e. The molecule has 0 radical (unpaired) electrons. The van der Waals surface area contributed by atoms with Gasteiger partial charge in [-0.3, -0.25) is 4.79 Å². The average molecular weight is 544 g/mol. The number of rotatable bonds is 6. The first kappa shape index (κ1) is 27.1. The Morgan fingerprint density at radius 2 is 2.08 bits per heavy atom. The summed E-state index contributed by atoms with van der Waals surface area (Å²) >= 11 is 6.11. The van der Waals surface area contributed by atoms with E-state index in [2.05, 4.69) is 26.0 Å². The lowest BCUT2D eigenvalue weighted by molar-refractivity contribution is -0.274. The first-order valence-corrected chi connectivity index (χ1v) is 12.4. The van der Waals surface area contributed by atoms with Crippen LogP contribution in [0.2, 0.25) is 5.02 Å². The van der Waals surface area contributed by atoms with Crippen molar-refractivity contribution in [3.8, 4) is 11.8 Å². The molecule has 198 valence electrons. The molecule has 1 saturated heterocycles. The Morgan fingerprint density at radius 1 is 1.32 bits per heavy atom. The molecule has 1 aliphatic rings. The molecule has 38 heavy (non-hydrogen) atoms. The number of aromatic nitrogens is 1. The predicted octanol–water partition coefficient (Wildman–Crippen LogP) is 6.29. The van der Waals surface area contributed by atoms with Gasteiger partial charge in [-0.05, 0) is 54.7 Å². The number of hydrogen-bond acceptors (Lipinski definition) is 6. The molecule has 2 heterocycles. The number of carbonyl (C=O) groups excluding carboxylic acids is 1. The molecule has 3 aromatic rings. The van der Waals surface area contributed by atoms with Crippen LogP contribution in [0.3, 0.4) is 0 Å². The number of nitrogens with one attached hydrogen (secondary N) is 1. The van der Waals surface area contributed by atoms with Crippen molar-refractivity contribution in [3.05, 3.63) is 75.9 Å². The number of aryl methyl sites for hydroxylation is 1. The Bertz CT molecular complexity index is 1390. The van der Waals surface area contributed by atoms with Gasteiger partial charge in [0.15, 0.2) is 5.75 Å². The second-order valence-electron chi connectivity index (χ2n) is 8.88. The second kappa shape index (κ2) is 11.2. The molecule has 1 unspecified atom stereocenters. The molecule has 4 rings (SSSR count). The molecule has 0 aliphatic carbocycles. The zero-order valence-corrected chi connectivity index (χ0v) is 21.2. The molecule has 0 spiro atoms. The van der Waals surface area contributed by atoms with Crippen molar-refractivity contribution in [1.29, 1.82) is 5.26 Å². The minimum atomic E-state index is -4.95. The number of halogens is 4. The van der Waals surface area contributed by atoms with Gasteiger partial charge in [0.25, 0.3) is 5.91 Å². The molecule has 0 bridgehead atoms. The molecular weight excluding hydrogens is 519 g/mol. The third kappa shape index (κ3) is 5.94. The average Bonchev–Trinajstić information content (AvgIpc) is 2.89. The number of alkyl halides is 3. The summed E-state index contributed by atoms with van der Waals surface area (Å²) in [5.74, 6) is -1.13. The monoisotopic (exact) mass is 543 g/mol. The summed E-state index contributed by atoms with van der Waals surface area (Å²) in [6.07, 6.45) is -1.08. The predicted molar refractivity (Wildman–Crippen MR) is 139 cm³/mol. The van der Waals surface area contributed by atoms with Crippen molar-refractivity contribution in [2.75, 3.05) is 29.0 Å². The number of pyridine rings is 1. The molecule has 0 saturated carbocycles. The van der Waals surface area contributed by atoms with Gasteiger partial charge in [-0.2, -0.15) is 5.26 Å². The van der Waals surface area contributed by atoms with E-state index >= 15 is 0 Å². The van der Waals surface area contributed by atoms with Gasteiger partial charge in [0.2, 0.25) is 0 Å². The highest BCUT2D eigenvalue weighted by atomic mass is 35.5. The van der Waals surface area contributed by atoms with E-state index in [4.69, 9.17) is 17.3 Å². The number of benzene rings is 2. The molecule has 1 fully saturated rings. The topological polar surface area (TPSA) is 104 Å². The van der Waals surface area contributed by atoms with Crippen molar-refractivity contribution in [2.24, 2.45) is 0 Å². The first-order chi connectivity index (χ1) is 18.1. The van der Waals surface area contributed by atoms with E-state index in [0.29, 0.717) is 25.1 Å². The van der Waals surface area contributed by atoms with Crippen LogP contribution in [0.1, 0.15) is 52.7 Å². The number of ether oxygens (including phenoxy) is 1. The van der Waals surface area contributed by atoms with E-state index in [-0.39, 0.29) is 28.0 Å². The van der Waals surface area contributed by atoms with Crippen molar-refractivity contribution in [3.63, 3.8) is 0 Å². The SMILES string of the molecule is CCc1cnc(N)c(C#N)c1N1CCCC(c2ccc(OC(F)(F)F)c(NC(=O)c3ccccc3Cl)c2)C1. The van der Waals surface area contributed by atoms with Crippen LogP contribution >= 0.6 is 11.6 Å². The quantitative estimate of drug-likeness (QED) is 0.379. The number of anilines is 3. The maximum absolute atomic E-state index is 13.1. The van der Waals surface area contributed by atoms with Crippen LogP contribution in [0.25, 0.3) is 0 Å². The van der Waals surface area contributed by atoms with Crippen LogP contribution in [0.15, 0.2) is 48.7 Å². The van der Waals surface area contributed by atoms with Crippen LogP contribution in [0, 0.1) is 11.3 Å².